The van der Waals surface area contributed by atoms with Gasteiger partial charge in [0, 0.05) is 12.6 Å². The summed E-state index contributed by atoms with van der Waals surface area (Å²) in [6.45, 7) is 6.84. The maximum atomic E-state index is 13.6. The highest BCUT2D eigenvalue weighted by molar-refractivity contribution is 5.88. The van der Waals surface area contributed by atoms with Gasteiger partial charge in [0.25, 0.3) is 0 Å². The fourth-order valence-corrected chi connectivity index (χ4v) is 3.13. The minimum atomic E-state index is -0.473. The predicted octanol–water partition coefficient (Wildman–Crippen LogP) is 2.29. The highest BCUT2D eigenvalue weighted by atomic mass is 19.1. The zero-order chi connectivity index (χ0) is 18.4. The summed E-state index contributed by atoms with van der Waals surface area (Å²) < 4.78 is 13.6. The number of carbonyl (C=O) groups is 2. The zero-order valence-electron chi connectivity index (χ0n) is 15.2. The Morgan fingerprint density at radius 1 is 1.36 bits per heavy atom. The Bertz CT molecular complexity index is 613. The molecule has 1 saturated heterocycles. The van der Waals surface area contributed by atoms with Crippen LogP contribution in [0.4, 0.5) is 4.39 Å². The molecule has 1 aliphatic heterocycles. The molecule has 138 valence electrons. The van der Waals surface area contributed by atoms with E-state index in [9.17, 15) is 14.0 Å². The molecule has 0 radical (unpaired) electrons. The topological polar surface area (TPSA) is 70.2 Å². The molecular weight excluding hydrogens is 321 g/mol. The molecule has 5 nitrogen and oxygen atoms in total. The zero-order valence-corrected chi connectivity index (χ0v) is 15.2. The Hall–Kier alpha value is -1.95. The second kappa shape index (κ2) is 8.43. The third-order valence-corrected chi connectivity index (χ3v) is 4.39. The van der Waals surface area contributed by atoms with E-state index in [-0.39, 0.29) is 35.6 Å². The van der Waals surface area contributed by atoms with E-state index in [2.05, 4.69) is 16.0 Å². The Kier molecular flexibility index (Phi) is 6.53. The lowest BCUT2D eigenvalue weighted by Crippen LogP contribution is -2.49. The number of hydrogen-bond donors (Lipinski definition) is 3. The maximum Gasteiger partial charge on any atom is 0.242 e. The molecule has 1 heterocycles. The quantitative estimate of drug-likeness (QED) is 0.764. The lowest BCUT2D eigenvalue weighted by molar-refractivity contribution is -0.128. The minimum absolute atomic E-state index is 0.0717. The minimum Gasteiger partial charge on any atom is -0.354 e. The summed E-state index contributed by atoms with van der Waals surface area (Å²) in [7, 11) is 0. The second-order valence-corrected chi connectivity index (χ2v) is 7.64. The van der Waals surface area contributed by atoms with Crippen LogP contribution in [0.1, 0.15) is 51.6 Å². The van der Waals surface area contributed by atoms with Gasteiger partial charge >= 0.3 is 0 Å². The molecule has 0 aromatic heterocycles. The number of halogens is 1. The van der Waals surface area contributed by atoms with Gasteiger partial charge in [0.1, 0.15) is 11.9 Å². The van der Waals surface area contributed by atoms with Crippen molar-refractivity contribution in [3.05, 3.63) is 35.6 Å². The third kappa shape index (κ3) is 5.81. The summed E-state index contributed by atoms with van der Waals surface area (Å²) in [5, 5.41) is 8.81. The van der Waals surface area contributed by atoms with Gasteiger partial charge < -0.3 is 16.0 Å². The SMILES string of the molecule is CC(C)(C)[C@@H](NCC(=O)N[C@H]1CCCCNC1=O)c1cccc(F)c1. The van der Waals surface area contributed by atoms with Gasteiger partial charge in [-0.1, -0.05) is 32.9 Å². The summed E-state index contributed by atoms with van der Waals surface area (Å²) >= 11 is 0. The highest BCUT2D eigenvalue weighted by Crippen LogP contribution is 2.32. The van der Waals surface area contributed by atoms with E-state index in [1.807, 2.05) is 26.8 Å². The Morgan fingerprint density at radius 2 is 2.12 bits per heavy atom. The van der Waals surface area contributed by atoms with Crippen LogP contribution >= 0.6 is 0 Å². The molecule has 0 aliphatic carbocycles. The van der Waals surface area contributed by atoms with Crippen molar-refractivity contribution < 1.29 is 14.0 Å². The Balaban J connectivity index is 1.98. The first-order chi connectivity index (χ1) is 11.8. The van der Waals surface area contributed by atoms with Crippen molar-refractivity contribution in [2.24, 2.45) is 5.41 Å². The molecule has 1 aromatic rings. The van der Waals surface area contributed by atoms with Crippen LogP contribution in [0.3, 0.4) is 0 Å². The average molecular weight is 349 g/mol. The van der Waals surface area contributed by atoms with Gasteiger partial charge in [-0.15, -0.1) is 0 Å². The number of benzene rings is 1. The standard InChI is InChI=1S/C19H28FN3O2/c1-19(2,3)17(13-7-6-8-14(20)11-13)22-12-16(24)23-15-9-4-5-10-21-18(15)25/h6-8,11,15,17,22H,4-5,9-10,12H2,1-3H3,(H,21,25)(H,23,24)/t15-,17-/m0/s1. The second-order valence-electron chi connectivity index (χ2n) is 7.64. The molecule has 0 bridgehead atoms. The highest BCUT2D eigenvalue weighted by Gasteiger charge is 2.28. The first-order valence-electron chi connectivity index (χ1n) is 8.83. The number of amides is 2. The van der Waals surface area contributed by atoms with Crippen LogP contribution in [0, 0.1) is 11.2 Å². The van der Waals surface area contributed by atoms with E-state index in [0.717, 1.165) is 18.4 Å². The predicted molar refractivity (Wildman–Crippen MR) is 95.4 cm³/mol. The smallest absolute Gasteiger partial charge is 0.242 e. The van der Waals surface area contributed by atoms with E-state index in [1.54, 1.807) is 6.07 Å². The molecular formula is C19H28FN3O2. The first kappa shape index (κ1) is 19.4. The Morgan fingerprint density at radius 3 is 2.80 bits per heavy atom. The number of nitrogens with one attached hydrogen (secondary N) is 3. The summed E-state index contributed by atoms with van der Waals surface area (Å²) in [5.74, 6) is -0.649. The molecule has 3 N–H and O–H groups in total. The first-order valence-corrected chi connectivity index (χ1v) is 8.83. The molecule has 2 amide bonds. The van der Waals surface area contributed by atoms with Crippen LogP contribution in [-0.2, 0) is 9.59 Å². The molecule has 1 aliphatic rings. The number of carbonyl (C=O) groups excluding carboxylic acids is 2. The van der Waals surface area contributed by atoms with Gasteiger partial charge in [0.2, 0.25) is 11.8 Å². The Labute approximate surface area is 148 Å². The van der Waals surface area contributed by atoms with Crippen molar-refractivity contribution in [2.75, 3.05) is 13.1 Å². The van der Waals surface area contributed by atoms with Crippen molar-refractivity contribution in [1.82, 2.24) is 16.0 Å². The van der Waals surface area contributed by atoms with Crippen LogP contribution in [0.15, 0.2) is 24.3 Å². The summed E-state index contributed by atoms with van der Waals surface area (Å²) in [4.78, 5) is 24.2. The monoisotopic (exact) mass is 349 g/mol. The third-order valence-electron chi connectivity index (χ3n) is 4.39. The molecule has 2 atom stereocenters. The van der Waals surface area contributed by atoms with Gasteiger partial charge in [-0.25, -0.2) is 4.39 Å². The van der Waals surface area contributed by atoms with Crippen LogP contribution in [-0.4, -0.2) is 30.9 Å². The fourth-order valence-electron chi connectivity index (χ4n) is 3.13. The van der Waals surface area contributed by atoms with Gasteiger partial charge in [0.15, 0.2) is 0 Å². The van der Waals surface area contributed by atoms with E-state index < -0.39 is 6.04 Å². The fraction of sp³-hybridized carbons (Fsp3) is 0.579. The summed E-state index contributed by atoms with van der Waals surface area (Å²) in [6, 6.07) is 5.75. The van der Waals surface area contributed by atoms with E-state index in [0.29, 0.717) is 13.0 Å². The largest absolute Gasteiger partial charge is 0.354 e. The van der Waals surface area contributed by atoms with Crippen molar-refractivity contribution in [1.29, 1.82) is 0 Å². The van der Waals surface area contributed by atoms with Crippen molar-refractivity contribution in [2.45, 2.75) is 52.1 Å². The molecule has 1 fully saturated rings. The maximum absolute atomic E-state index is 13.6. The molecule has 6 heteroatoms. The van der Waals surface area contributed by atoms with Crippen LogP contribution in [0.5, 0.6) is 0 Å². The average Bonchev–Trinajstić information content (AvgIpc) is 2.71. The molecule has 1 aromatic carbocycles. The van der Waals surface area contributed by atoms with Crippen LogP contribution in [0.25, 0.3) is 0 Å². The lowest BCUT2D eigenvalue weighted by atomic mass is 9.82. The van der Waals surface area contributed by atoms with Crippen molar-refractivity contribution in [3.63, 3.8) is 0 Å². The lowest BCUT2D eigenvalue weighted by Gasteiger charge is -2.32. The molecule has 0 saturated carbocycles. The van der Waals surface area contributed by atoms with Crippen LogP contribution < -0.4 is 16.0 Å². The molecule has 25 heavy (non-hydrogen) atoms. The molecule has 0 unspecified atom stereocenters. The van der Waals surface area contributed by atoms with E-state index >= 15 is 0 Å². The molecule has 0 spiro atoms. The van der Waals surface area contributed by atoms with Crippen molar-refractivity contribution in [3.8, 4) is 0 Å². The summed E-state index contributed by atoms with van der Waals surface area (Å²) in [6.07, 6.45) is 2.50. The van der Waals surface area contributed by atoms with E-state index in [4.69, 9.17) is 0 Å². The van der Waals surface area contributed by atoms with E-state index in [1.165, 1.54) is 12.1 Å². The normalized spacial score (nSPS) is 19.7. The van der Waals surface area contributed by atoms with Crippen LogP contribution in [0.2, 0.25) is 0 Å². The van der Waals surface area contributed by atoms with Gasteiger partial charge in [-0.2, -0.15) is 0 Å². The summed E-state index contributed by atoms with van der Waals surface area (Å²) in [5.41, 5.74) is 0.598. The number of hydrogen-bond acceptors (Lipinski definition) is 3. The van der Waals surface area contributed by atoms with Gasteiger partial charge in [-0.3, -0.25) is 9.59 Å². The number of rotatable bonds is 5. The van der Waals surface area contributed by atoms with Crippen molar-refractivity contribution >= 4 is 11.8 Å². The van der Waals surface area contributed by atoms with Gasteiger partial charge in [-0.05, 0) is 42.4 Å². The molecule has 2 rings (SSSR count). The van der Waals surface area contributed by atoms with Gasteiger partial charge in [0.05, 0.1) is 6.54 Å².